The molecule has 0 aliphatic carbocycles. The molecular formula is C10H11NO5. The maximum atomic E-state index is 11.5. The maximum absolute atomic E-state index is 11.5. The topological polar surface area (TPSA) is 107 Å². The summed E-state index contributed by atoms with van der Waals surface area (Å²) in [5, 5.41) is 17.0. The Bertz CT molecular complexity index is 421. The van der Waals surface area contributed by atoms with Crippen LogP contribution in [0.15, 0.2) is 12.3 Å². The highest BCUT2D eigenvalue weighted by molar-refractivity contribution is 5.98. The van der Waals surface area contributed by atoms with Crippen LogP contribution in [0.4, 0.5) is 0 Å². The molecule has 0 radical (unpaired) electrons. The van der Waals surface area contributed by atoms with Crippen molar-refractivity contribution in [3.63, 3.8) is 0 Å². The summed E-state index contributed by atoms with van der Waals surface area (Å²) in [7, 11) is 0. The van der Waals surface area contributed by atoms with Gasteiger partial charge in [0.2, 0.25) is 0 Å². The number of aromatic amines is 1. The number of aliphatic carboxylic acids is 1. The molecule has 86 valence electrons. The smallest absolute Gasteiger partial charge is 0.352 e. The van der Waals surface area contributed by atoms with Crippen LogP contribution >= 0.6 is 0 Å². The average molecular weight is 225 g/mol. The lowest BCUT2D eigenvalue weighted by molar-refractivity contribution is -0.137. The second-order valence-electron chi connectivity index (χ2n) is 3.28. The molecule has 1 rings (SSSR count). The zero-order chi connectivity index (χ0) is 12.1. The number of rotatable bonds is 6. The summed E-state index contributed by atoms with van der Waals surface area (Å²) in [4.78, 5) is 34.6. The van der Waals surface area contributed by atoms with Crippen LogP contribution in [0.2, 0.25) is 0 Å². The van der Waals surface area contributed by atoms with Crippen LogP contribution in [0, 0.1) is 0 Å². The average Bonchev–Trinajstić information content (AvgIpc) is 2.65. The van der Waals surface area contributed by atoms with Crippen molar-refractivity contribution in [3.8, 4) is 0 Å². The molecule has 0 saturated carbocycles. The van der Waals surface area contributed by atoms with Crippen molar-refractivity contribution in [2.24, 2.45) is 0 Å². The molecule has 0 aliphatic rings. The van der Waals surface area contributed by atoms with Gasteiger partial charge in [-0.05, 0) is 12.5 Å². The first-order valence-electron chi connectivity index (χ1n) is 4.67. The van der Waals surface area contributed by atoms with Crippen LogP contribution in [0.1, 0.15) is 40.1 Å². The van der Waals surface area contributed by atoms with Crippen molar-refractivity contribution >= 4 is 17.7 Å². The Morgan fingerprint density at radius 1 is 1.19 bits per heavy atom. The molecule has 0 aromatic carbocycles. The summed E-state index contributed by atoms with van der Waals surface area (Å²) >= 11 is 0. The van der Waals surface area contributed by atoms with Crippen LogP contribution in [0.25, 0.3) is 0 Å². The highest BCUT2D eigenvalue weighted by atomic mass is 16.4. The van der Waals surface area contributed by atoms with Gasteiger partial charge in [0.05, 0.1) is 0 Å². The molecule has 16 heavy (non-hydrogen) atoms. The first-order valence-corrected chi connectivity index (χ1v) is 4.67. The number of nitrogens with one attached hydrogen (secondary N) is 1. The van der Waals surface area contributed by atoms with Crippen LogP contribution in [-0.2, 0) is 4.79 Å². The van der Waals surface area contributed by atoms with E-state index in [1.54, 1.807) is 0 Å². The Kier molecular flexibility index (Phi) is 3.82. The first-order chi connectivity index (χ1) is 7.50. The molecule has 0 bridgehead atoms. The van der Waals surface area contributed by atoms with E-state index in [4.69, 9.17) is 10.2 Å². The summed E-state index contributed by atoms with van der Waals surface area (Å²) in [5.74, 6) is -2.34. The molecule has 0 saturated heterocycles. The number of hydrogen-bond acceptors (Lipinski definition) is 3. The number of carbonyl (C=O) groups excluding carboxylic acids is 1. The van der Waals surface area contributed by atoms with E-state index < -0.39 is 11.9 Å². The van der Waals surface area contributed by atoms with E-state index in [0.717, 1.165) is 0 Å². The number of aromatic nitrogens is 1. The Balaban J connectivity index is 2.53. The van der Waals surface area contributed by atoms with E-state index >= 15 is 0 Å². The fraction of sp³-hybridized carbons (Fsp3) is 0.300. The van der Waals surface area contributed by atoms with Crippen molar-refractivity contribution in [1.82, 2.24) is 4.98 Å². The zero-order valence-corrected chi connectivity index (χ0v) is 8.40. The monoisotopic (exact) mass is 225 g/mol. The standard InChI is InChI=1S/C10H11NO5/c12-8(2-1-3-9(13)14)6-4-7(10(15)16)11-5-6/h4-5,11H,1-3H2,(H,13,14)(H,15,16). The molecule has 3 N–H and O–H groups in total. The third-order valence-corrected chi connectivity index (χ3v) is 2.03. The van der Waals surface area contributed by atoms with Crippen LogP contribution in [0.5, 0.6) is 0 Å². The van der Waals surface area contributed by atoms with Crippen molar-refractivity contribution in [2.45, 2.75) is 19.3 Å². The summed E-state index contributed by atoms with van der Waals surface area (Å²) < 4.78 is 0. The van der Waals surface area contributed by atoms with E-state index in [9.17, 15) is 14.4 Å². The summed E-state index contributed by atoms with van der Waals surface area (Å²) in [6, 6.07) is 1.24. The first kappa shape index (κ1) is 12.0. The third kappa shape index (κ3) is 3.23. The predicted octanol–water partition coefficient (Wildman–Crippen LogP) is 1.15. The fourth-order valence-electron chi connectivity index (χ4n) is 1.22. The summed E-state index contributed by atoms with van der Waals surface area (Å²) in [6.45, 7) is 0. The number of carboxylic acid groups (broad SMARTS) is 2. The molecule has 1 aromatic heterocycles. The Labute approximate surface area is 90.9 Å². The van der Waals surface area contributed by atoms with E-state index in [1.807, 2.05) is 0 Å². The molecule has 1 aromatic rings. The van der Waals surface area contributed by atoms with Gasteiger partial charge in [-0.25, -0.2) is 4.79 Å². The molecule has 6 heteroatoms. The minimum absolute atomic E-state index is 0.0541. The molecule has 6 nitrogen and oxygen atoms in total. The molecule has 0 aliphatic heterocycles. The molecule has 0 fully saturated rings. The lowest BCUT2D eigenvalue weighted by Gasteiger charge is -1.95. The van der Waals surface area contributed by atoms with Crippen LogP contribution in [0.3, 0.4) is 0 Å². The molecule has 0 atom stereocenters. The summed E-state index contributed by atoms with van der Waals surface area (Å²) in [6.07, 6.45) is 1.60. The van der Waals surface area contributed by atoms with Gasteiger partial charge < -0.3 is 15.2 Å². The van der Waals surface area contributed by atoms with Crippen LogP contribution in [-0.4, -0.2) is 32.9 Å². The molecule has 0 spiro atoms. The number of carbonyl (C=O) groups is 3. The van der Waals surface area contributed by atoms with Gasteiger partial charge in [-0.2, -0.15) is 0 Å². The van der Waals surface area contributed by atoms with Gasteiger partial charge in [0.1, 0.15) is 5.69 Å². The van der Waals surface area contributed by atoms with Gasteiger partial charge >= 0.3 is 11.9 Å². The number of ketones is 1. The Hall–Kier alpha value is -2.11. The lowest BCUT2D eigenvalue weighted by Crippen LogP contribution is -2.01. The van der Waals surface area contributed by atoms with Gasteiger partial charge in [-0.15, -0.1) is 0 Å². The predicted molar refractivity (Wildman–Crippen MR) is 53.6 cm³/mol. The molecule has 0 unspecified atom stereocenters. The van der Waals surface area contributed by atoms with E-state index in [1.165, 1.54) is 12.3 Å². The number of aromatic carboxylic acids is 1. The minimum atomic E-state index is -1.13. The van der Waals surface area contributed by atoms with Crippen molar-refractivity contribution < 1.29 is 24.6 Å². The SMILES string of the molecule is O=C(O)CCCC(=O)c1c[nH]c(C(=O)O)c1. The van der Waals surface area contributed by atoms with E-state index in [0.29, 0.717) is 0 Å². The Morgan fingerprint density at radius 3 is 2.38 bits per heavy atom. The van der Waals surface area contributed by atoms with Gasteiger partial charge in [0, 0.05) is 24.6 Å². The van der Waals surface area contributed by atoms with Crippen molar-refractivity contribution in [1.29, 1.82) is 0 Å². The van der Waals surface area contributed by atoms with Gasteiger partial charge in [0.25, 0.3) is 0 Å². The highest BCUT2D eigenvalue weighted by Crippen LogP contribution is 2.09. The van der Waals surface area contributed by atoms with E-state index in [-0.39, 0.29) is 36.3 Å². The lowest BCUT2D eigenvalue weighted by atomic mass is 10.1. The number of hydrogen-bond donors (Lipinski definition) is 3. The zero-order valence-electron chi connectivity index (χ0n) is 8.40. The third-order valence-electron chi connectivity index (χ3n) is 2.03. The largest absolute Gasteiger partial charge is 0.481 e. The van der Waals surface area contributed by atoms with Gasteiger partial charge in [-0.3, -0.25) is 9.59 Å². The quantitative estimate of drug-likeness (QED) is 0.629. The normalized spacial score (nSPS) is 10.0. The maximum Gasteiger partial charge on any atom is 0.352 e. The molecule has 0 amide bonds. The second-order valence-corrected chi connectivity index (χ2v) is 3.28. The minimum Gasteiger partial charge on any atom is -0.481 e. The Morgan fingerprint density at radius 2 is 1.88 bits per heavy atom. The molecular weight excluding hydrogens is 214 g/mol. The van der Waals surface area contributed by atoms with Crippen molar-refractivity contribution in [3.05, 3.63) is 23.5 Å². The number of H-pyrrole nitrogens is 1. The van der Waals surface area contributed by atoms with E-state index in [2.05, 4.69) is 4.98 Å². The number of Topliss-reactive ketones (excluding diaryl/α,β-unsaturated/α-hetero) is 1. The van der Waals surface area contributed by atoms with Gasteiger partial charge in [0.15, 0.2) is 5.78 Å². The number of carboxylic acids is 2. The van der Waals surface area contributed by atoms with Crippen LogP contribution < -0.4 is 0 Å². The highest BCUT2D eigenvalue weighted by Gasteiger charge is 2.12. The van der Waals surface area contributed by atoms with Gasteiger partial charge in [-0.1, -0.05) is 0 Å². The molecule has 1 heterocycles. The summed E-state index contributed by atoms with van der Waals surface area (Å²) in [5.41, 5.74) is 0.212. The second kappa shape index (κ2) is 5.11. The fourth-order valence-corrected chi connectivity index (χ4v) is 1.22. The van der Waals surface area contributed by atoms with Crippen molar-refractivity contribution in [2.75, 3.05) is 0 Å².